The highest BCUT2D eigenvalue weighted by molar-refractivity contribution is 5.81. The lowest BCUT2D eigenvalue weighted by molar-refractivity contribution is -0.127. The number of nitrogens with zero attached hydrogens (tertiary/aromatic N) is 4. The summed E-state index contributed by atoms with van der Waals surface area (Å²) in [6.07, 6.45) is 3.49. The van der Waals surface area contributed by atoms with Crippen LogP contribution >= 0.6 is 0 Å². The van der Waals surface area contributed by atoms with Crippen molar-refractivity contribution in [3.8, 4) is 5.88 Å². The minimum absolute atomic E-state index is 0.0122. The van der Waals surface area contributed by atoms with E-state index in [0.29, 0.717) is 25.9 Å². The van der Waals surface area contributed by atoms with Gasteiger partial charge in [-0.15, -0.1) is 0 Å². The van der Waals surface area contributed by atoms with Crippen LogP contribution in [0.3, 0.4) is 0 Å². The van der Waals surface area contributed by atoms with Gasteiger partial charge < -0.3 is 10.0 Å². The number of rotatable bonds is 5. The van der Waals surface area contributed by atoms with Crippen molar-refractivity contribution < 1.29 is 9.90 Å². The van der Waals surface area contributed by atoms with Crippen molar-refractivity contribution in [2.75, 3.05) is 19.6 Å². The highest BCUT2D eigenvalue weighted by atomic mass is 16.3. The van der Waals surface area contributed by atoms with Crippen molar-refractivity contribution in [1.82, 2.24) is 14.0 Å². The second kappa shape index (κ2) is 6.59. The Morgan fingerprint density at radius 3 is 2.59 bits per heavy atom. The molecular formula is C14H20N4O4. The van der Waals surface area contributed by atoms with Gasteiger partial charge in [0.2, 0.25) is 11.8 Å². The normalized spacial score (nSPS) is 15.2. The maximum atomic E-state index is 11.9. The van der Waals surface area contributed by atoms with Crippen LogP contribution in [0.4, 0.5) is 0 Å². The third kappa shape index (κ3) is 3.10. The third-order valence-electron chi connectivity index (χ3n) is 3.77. The minimum atomic E-state index is -0.591. The third-order valence-corrected chi connectivity index (χ3v) is 3.77. The van der Waals surface area contributed by atoms with Gasteiger partial charge in [-0.05, 0) is 12.8 Å². The summed E-state index contributed by atoms with van der Waals surface area (Å²) in [5.74, 6) is -0.222. The average Bonchev–Trinajstić information content (AvgIpc) is 2.91. The van der Waals surface area contributed by atoms with Gasteiger partial charge in [0.15, 0.2) is 0 Å². The molecule has 1 aromatic rings. The first kappa shape index (κ1) is 16.0. The molecule has 0 aliphatic carbocycles. The second-order valence-electron chi connectivity index (χ2n) is 5.32. The lowest BCUT2D eigenvalue weighted by Crippen LogP contribution is -2.38. The fraction of sp³-hybridized carbons (Fsp3) is 0.571. The average molecular weight is 308 g/mol. The van der Waals surface area contributed by atoms with E-state index in [4.69, 9.17) is 0 Å². The molecule has 2 rings (SSSR count). The number of hydrogen-bond acceptors (Lipinski definition) is 5. The molecule has 1 saturated heterocycles. The summed E-state index contributed by atoms with van der Waals surface area (Å²) in [5.41, 5.74) is -1.19. The number of aromatic hydroxyl groups is 1. The molecule has 1 fully saturated rings. The van der Waals surface area contributed by atoms with Crippen molar-refractivity contribution in [2.24, 2.45) is 19.1 Å². The Kier molecular flexibility index (Phi) is 4.79. The molecule has 120 valence electrons. The van der Waals surface area contributed by atoms with Crippen molar-refractivity contribution >= 4 is 12.1 Å². The molecule has 8 heteroatoms. The molecule has 8 nitrogen and oxygen atoms in total. The fourth-order valence-corrected chi connectivity index (χ4v) is 2.42. The highest BCUT2D eigenvalue weighted by Gasteiger charge is 2.18. The van der Waals surface area contributed by atoms with Gasteiger partial charge in [-0.3, -0.25) is 23.7 Å². The summed E-state index contributed by atoms with van der Waals surface area (Å²) in [7, 11) is 2.73. The first-order valence-electron chi connectivity index (χ1n) is 7.20. The number of carbonyl (C=O) groups excluding carboxylic acids is 1. The van der Waals surface area contributed by atoms with Gasteiger partial charge in [-0.2, -0.15) is 0 Å². The van der Waals surface area contributed by atoms with Crippen molar-refractivity contribution in [3.63, 3.8) is 0 Å². The zero-order valence-corrected chi connectivity index (χ0v) is 12.8. The first-order valence-corrected chi connectivity index (χ1v) is 7.20. The zero-order chi connectivity index (χ0) is 16.3. The number of likely N-dealkylation sites (tertiary alicyclic amines) is 1. The molecule has 2 heterocycles. The number of hydrogen-bond donors (Lipinski definition) is 1. The molecule has 1 aliphatic heterocycles. The van der Waals surface area contributed by atoms with Gasteiger partial charge in [0.25, 0.3) is 5.56 Å². The van der Waals surface area contributed by atoms with E-state index in [1.54, 1.807) is 4.90 Å². The summed E-state index contributed by atoms with van der Waals surface area (Å²) >= 11 is 0. The van der Waals surface area contributed by atoms with E-state index in [-0.39, 0.29) is 11.5 Å². The van der Waals surface area contributed by atoms with Crippen LogP contribution in [-0.4, -0.2) is 50.9 Å². The predicted octanol–water partition coefficient (Wildman–Crippen LogP) is -0.779. The summed E-state index contributed by atoms with van der Waals surface area (Å²) in [6.45, 7) is 1.88. The van der Waals surface area contributed by atoms with E-state index in [1.807, 2.05) is 0 Å². The molecule has 0 bridgehead atoms. The van der Waals surface area contributed by atoms with Crippen LogP contribution in [0.15, 0.2) is 14.6 Å². The van der Waals surface area contributed by atoms with Gasteiger partial charge in [0.05, 0.1) is 0 Å². The Bertz CT molecular complexity index is 717. The van der Waals surface area contributed by atoms with Crippen molar-refractivity contribution in [2.45, 2.75) is 19.3 Å². The van der Waals surface area contributed by atoms with Gasteiger partial charge in [0.1, 0.15) is 5.56 Å². The molecule has 22 heavy (non-hydrogen) atoms. The lowest BCUT2D eigenvalue weighted by Gasteiger charge is -2.13. The summed E-state index contributed by atoms with van der Waals surface area (Å²) in [4.78, 5) is 40.9. The lowest BCUT2D eigenvalue weighted by atomic mass is 10.3. The summed E-state index contributed by atoms with van der Waals surface area (Å²) < 4.78 is 1.91. The Morgan fingerprint density at radius 2 is 1.95 bits per heavy atom. The molecule has 1 aliphatic rings. The van der Waals surface area contributed by atoms with Gasteiger partial charge >= 0.3 is 5.69 Å². The molecular weight excluding hydrogens is 288 g/mol. The fourth-order valence-electron chi connectivity index (χ4n) is 2.42. The van der Waals surface area contributed by atoms with E-state index in [2.05, 4.69) is 4.99 Å². The van der Waals surface area contributed by atoms with E-state index in [9.17, 15) is 19.5 Å². The smallest absolute Gasteiger partial charge is 0.333 e. The van der Waals surface area contributed by atoms with Crippen LogP contribution < -0.4 is 11.2 Å². The summed E-state index contributed by atoms with van der Waals surface area (Å²) in [5, 5.41) is 9.85. The minimum Gasteiger partial charge on any atom is -0.494 e. The van der Waals surface area contributed by atoms with Crippen LogP contribution in [0.25, 0.3) is 0 Å². The van der Waals surface area contributed by atoms with Crippen molar-refractivity contribution in [1.29, 1.82) is 0 Å². The molecule has 1 N–H and O–H groups in total. The van der Waals surface area contributed by atoms with Gasteiger partial charge in [-0.25, -0.2) is 4.79 Å². The number of aromatic nitrogens is 2. The molecule has 0 atom stereocenters. The van der Waals surface area contributed by atoms with E-state index in [1.165, 1.54) is 20.3 Å². The van der Waals surface area contributed by atoms with E-state index < -0.39 is 17.1 Å². The van der Waals surface area contributed by atoms with E-state index >= 15 is 0 Å². The van der Waals surface area contributed by atoms with Crippen LogP contribution in [0, 0.1) is 0 Å². The molecule has 1 aromatic heterocycles. The first-order chi connectivity index (χ1) is 10.4. The molecule has 1 amide bonds. The molecule has 0 aromatic carbocycles. The maximum absolute atomic E-state index is 11.9. The van der Waals surface area contributed by atoms with Crippen LogP contribution in [-0.2, 0) is 18.9 Å². The molecule has 0 radical (unpaired) electrons. The van der Waals surface area contributed by atoms with Crippen LogP contribution in [0.5, 0.6) is 5.88 Å². The summed E-state index contributed by atoms with van der Waals surface area (Å²) in [6, 6.07) is 0. The Labute approximate surface area is 127 Å². The van der Waals surface area contributed by atoms with Crippen LogP contribution in [0.2, 0.25) is 0 Å². The number of aliphatic imine (C=N–C) groups is 1. The van der Waals surface area contributed by atoms with Gasteiger partial charge in [-0.1, -0.05) is 0 Å². The highest BCUT2D eigenvalue weighted by Crippen LogP contribution is 2.09. The number of amides is 1. The largest absolute Gasteiger partial charge is 0.494 e. The Balaban J connectivity index is 2.00. The second-order valence-corrected chi connectivity index (χ2v) is 5.32. The topological polar surface area (TPSA) is 96.9 Å². The maximum Gasteiger partial charge on any atom is 0.333 e. The monoisotopic (exact) mass is 308 g/mol. The molecule has 0 saturated carbocycles. The van der Waals surface area contributed by atoms with Crippen LogP contribution in [0.1, 0.15) is 24.8 Å². The molecule has 0 spiro atoms. The Morgan fingerprint density at radius 1 is 1.23 bits per heavy atom. The predicted molar refractivity (Wildman–Crippen MR) is 81.5 cm³/mol. The van der Waals surface area contributed by atoms with Crippen molar-refractivity contribution in [3.05, 3.63) is 26.4 Å². The van der Waals surface area contributed by atoms with Gasteiger partial charge in [0, 0.05) is 46.4 Å². The van der Waals surface area contributed by atoms with E-state index in [0.717, 1.165) is 22.1 Å². The quantitative estimate of drug-likeness (QED) is 0.570. The zero-order valence-electron chi connectivity index (χ0n) is 12.8. The Hall–Kier alpha value is -2.38. The standard InChI is InChI=1S/C14H20N4O4/c1-16-12(20)10(13(21)17(2)14(16)22)9-15-6-4-8-18-7-3-5-11(18)19/h9,20H,3-8H2,1-2H3. The number of carbonyl (C=O) groups is 1. The molecule has 0 unspecified atom stereocenters. The SMILES string of the molecule is Cn1c(O)c(C=NCCCN2CCCC2=O)c(=O)n(C)c1=O.